The van der Waals surface area contributed by atoms with E-state index in [0.717, 1.165) is 11.3 Å². The highest BCUT2D eigenvalue weighted by Gasteiger charge is 2.22. The van der Waals surface area contributed by atoms with Gasteiger partial charge in [-0.1, -0.05) is 0 Å². The molecule has 1 atom stereocenters. The van der Waals surface area contributed by atoms with Gasteiger partial charge in [-0.15, -0.1) is 0 Å². The first-order valence-corrected chi connectivity index (χ1v) is 6.25. The van der Waals surface area contributed by atoms with Gasteiger partial charge in [-0.25, -0.2) is 4.39 Å². The van der Waals surface area contributed by atoms with Crippen molar-refractivity contribution in [2.24, 2.45) is 0 Å². The smallest absolute Gasteiger partial charge is 0.163 e. The lowest BCUT2D eigenvalue weighted by Gasteiger charge is -2.19. The molecule has 0 spiro atoms. The molecule has 0 saturated heterocycles. The molecule has 5 heteroatoms. The van der Waals surface area contributed by atoms with E-state index in [1.807, 2.05) is 13.0 Å². The minimum absolute atomic E-state index is 0.312. The van der Waals surface area contributed by atoms with Crippen molar-refractivity contribution in [1.29, 1.82) is 0 Å². The van der Waals surface area contributed by atoms with Gasteiger partial charge in [-0.05, 0) is 26.1 Å². The van der Waals surface area contributed by atoms with Crippen LogP contribution < -0.4 is 14.8 Å². The number of hydrogen-bond donors (Lipinski definition) is 1. The number of benzene rings is 1. The van der Waals surface area contributed by atoms with Gasteiger partial charge in [0.1, 0.15) is 11.6 Å². The Kier molecular flexibility index (Phi) is 4.29. The molecule has 0 radical (unpaired) electrons. The van der Waals surface area contributed by atoms with Gasteiger partial charge in [-0.2, -0.15) is 0 Å². The van der Waals surface area contributed by atoms with E-state index in [9.17, 15) is 4.39 Å². The molecule has 0 fully saturated rings. The van der Waals surface area contributed by atoms with Crippen molar-refractivity contribution >= 4 is 0 Å². The number of furan rings is 1. The van der Waals surface area contributed by atoms with Crippen LogP contribution in [0, 0.1) is 12.7 Å². The fourth-order valence-electron chi connectivity index (χ4n) is 2.26. The zero-order valence-electron chi connectivity index (χ0n) is 12.0. The third kappa shape index (κ3) is 2.49. The Morgan fingerprint density at radius 1 is 1.15 bits per heavy atom. The van der Waals surface area contributed by atoms with Gasteiger partial charge >= 0.3 is 0 Å². The summed E-state index contributed by atoms with van der Waals surface area (Å²) in [5, 5.41) is 3.09. The Balaban J connectivity index is 2.52. The van der Waals surface area contributed by atoms with Crippen molar-refractivity contribution in [3.05, 3.63) is 47.2 Å². The number of hydrogen-bond acceptors (Lipinski definition) is 4. The molecule has 0 saturated carbocycles. The Morgan fingerprint density at radius 3 is 2.30 bits per heavy atom. The first kappa shape index (κ1) is 14.4. The first-order valence-electron chi connectivity index (χ1n) is 6.25. The molecule has 1 N–H and O–H groups in total. The summed E-state index contributed by atoms with van der Waals surface area (Å²) < 4.78 is 29.9. The summed E-state index contributed by atoms with van der Waals surface area (Å²) in [6, 6.07) is 4.48. The Morgan fingerprint density at radius 2 is 1.80 bits per heavy atom. The first-order chi connectivity index (χ1) is 9.62. The predicted molar refractivity (Wildman–Crippen MR) is 73.9 cm³/mol. The molecule has 1 aromatic heterocycles. The highest BCUT2D eigenvalue weighted by Crippen LogP contribution is 2.35. The van der Waals surface area contributed by atoms with Crippen LogP contribution in [0.1, 0.15) is 22.9 Å². The average molecular weight is 279 g/mol. The summed E-state index contributed by atoms with van der Waals surface area (Å²) in [6.07, 6.45) is 1.59. The number of nitrogens with one attached hydrogen (secondary N) is 1. The van der Waals surface area contributed by atoms with E-state index in [1.165, 1.54) is 20.3 Å². The third-order valence-corrected chi connectivity index (χ3v) is 3.31. The summed E-state index contributed by atoms with van der Waals surface area (Å²) >= 11 is 0. The minimum Gasteiger partial charge on any atom is -0.493 e. The summed E-state index contributed by atoms with van der Waals surface area (Å²) in [4.78, 5) is 0. The molecule has 2 aromatic rings. The van der Waals surface area contributed by atoms with E-state index in [2.05, 4.69) is 5.32 Å². The zero-order chi connectivity index (χ0) is 14.7. The van der Waals surface area contributed by atoms with Crippen molar-refractivity contribution in [3.8, 4) is 11.5 Å². The Hall–Kier alpha value is -2.01. The third-order valence-electron chi connectivity index (χ3n) is 3.31. The predicted octanol–water partition coefficient (Wildman–Crippen LogP) is 3.05. The normalized spacial score (nSPS) is 12.2. The molecule has 4 nitrogen and oxygen atoms in total. The fraction of sp³-hybridized carbons (Fsp3) is 0.333. The van der Waals surface area contributed by atoms with Crippen LogP contribution in [0.3, 0.4) is 0 Å². The van der Waals surface area contributed by atoms with Crippen LogP contribution in [-0.4, -0.2) is 21.3 Å². The number of rotatable bonds is 5. The van der Waals surface area contributed by atoms with E-state index >= 15 is 0 Å². The van der Waals surface area contributed by atoms with Crippen LogP contribution in [0.4, 0.5) is 4.39 Å². The van der Waals surface area contributed by atoms with Crippen LogP contribution >= 0.6 is 0 Å². The van der Waals surface area contributed by atoms with Crippen molar-refractivity contribution in [2.45, 2.75) is 13.0 Å². The van der Waals surface area contributed by atoms with Gasteiger partial charge in [0, 0.05) is 17.2 Å². The van der Waals surface area contributed by atoms with Gasteiger partial charge in [0.15, 0.2) is 11.5 Å². The van der Waals surface area contributed by atoms with E-state index in [1.54, 1.807) is 19.4 Å². The maximum absolute atomic E-state index is 14.3. The summed E-state index contributed by atoms with van der Waals surface area (Å²) in [7, 11) is 4.77. The molecule has 1 unspecified atom stereocenters. The minimum atomic E-state index is -0.359. The van der Waals surface area contributed by atoms with Gasteiger partial charge in [0.2, 0.25) is 0 Å². The van der Waals surface area contributed by atoms with E-state index in [-0.39, 0.29) is 11.9 Å². The molecule has 0 aliphatic heterocycles. The number of halogens is 1. The Labute approximate surface area is 117 Å². The SMILES string of the molecule is CNC(c1cc(OC)c(OC)cc1F)c1ccoc1C. The van der Waals surface area contributed by atoms with Crippen LogP contribution in [0.5, 0.6) is 11.5 Å². The zero-order valence-corrected chi connectivity index (χ0v) is 12.0. The second-order valence-electron chi connectivity index (χ2n) is 4.38. The van der Waals surface area contributed by atoms with Crippen molar-refractivity contribution in [1.82, 2.24) is 5.32 Å². The van der Waals surface area contributed by atoms with Crippen molar-refractivity contribution < 1.29 is 18.3 Å². The van der Waals surface area contributed by atoms with Crippen LogP contribution in [0.15, 0.2) is 28.9 Å². The Bertz CT molecular complexity index is 595. The number of aryl methyl sites for hydroxylation is 1. The quantitative estimate of drug-likeness (QED) is 0.913. The lowest BCUT2D eigenvalue weighted by molar-refractivity contribution is 0.351. The fourth-order valence-corrected chi connectivity index (χ4v) is 2.26. The monoisotopic (exact) mass is 279 g/mol. The second-order valence-corrected chi connectivity index (χ2v) is 4.38. The molecule has 108 valence electrons. The van der Waals surface area contributed by atoms with E-state index in [4.69, 9.17) is 13.9 Å². The number of methoxy groups -OCH3 is 2. The topological polar surface area (TPSA) is 43.6 Å². The van der Waals surface area contributed by atoms with Gasteiger partial charge < -0.3 is 19.2 Å². The highest BCUT2D eigenvalue weighted by molar-refractivity contribution is 5.47. The lowest BCUT2D eigenvalue weighted by atomic mass is 9.98. The van der Waals surface area contributed by atoms with E-state index < -0.39 is 0 Å². The van der Waals surface area contributed by atoms with Crippen LogP contribution in [-0.2, 0) is 0 Å². The molecular weight excluding hydrogens is 261 g/mol. The van der Waals surface area contributed by atoms with Gasteiger partial charge in [0.25, 0.3) is 0 Å². The van der Waals surface area contributed by atoms with Crippen molar-refractivity contribution in [2.75, 3.05) is 21.3 Å². The second kappa shape index (κ2) is 5.96. The highest BCUT2D eigenvalue weighted by atomic mass is 19.1. The molecule has 20 heavy (non-hydrogen) atoms. The van der Waals surface area contributed by atoms with Crippen LogP contribution in [0.2, 0.25) is 0 Å². The molecule has 2 rings (SSSR count). The maximum Gasteiger partial charge on any atom is 0.163 e. The molecular formula is C15H18FNO3. The average Bonchev–Trinajstić information content (AvgIpc) is 2.87. The summed E-state index contributed by atoms with van der Waals surface area (Å²) in [5.74, 6) is 1.25. The lowest BCUT2D eigenvalue weighted by Crippen LogP contribution is -2.19. The molecule has 0 bridgehead atoms. The standard InChI is InChI=1S/C15H18FNO3/c1-9-10(5-6-20-9)15(17-2)11-7-13(18-3)14(19-4)8-12(11)16/h5-8,15,17H,1-4H3. The molecule has 0 amide bonds. The van der Waals surface area contributed by atoms with Gasteiger partial charge in [0.05, 0.1) is 26.5 Å². The summed E-state index contributed by atoms with van der Waals surface area (Å²) in [5.41, 5.74) is 1.37. The number of ether oxygens (including phenoxy) is 2. The van der Waals surface area contributed by atoms with E-state index in [0.29, 0.717) is 17.1 Å². The summed E-state index contributed by atoms with van der Waals surface area (Å²) in [6.45, 7) is 1.85. The maximum atomic E-state index is 14.3. The molecule has 0 aliphatic carbocycles. The van der Waals surface area contributed by atoms with Crippen LogP contribution in [0.25, 0.3) is 0 Å². The van der Waals surface area contributed by atoms with Gasteiger partial charge in [-0.3, -0.25) is 0 Å². The molecule has 0 aliphatic rings. The molecule has 1 aromatic carbocycles. The largest absolute Gasteiger partial charge is 0.493 e. The molecule has 1 heterocycles. The van der Waals surface area contributed by atoms with Crippen molar-refractivity contribution in [3.63, 3.8) is 0 Å².